The van der Waals surface area contributed by atoms with E-state index in [1.54, 1.807) is 18.6 Å². The highest BCUT2D eigenvalue weighted by Gasteiger charge is 2.20. The lowest BCUT2D eigenvalue weighted by Gasteiger charge is -2.27. The molecule has 0 aliphatic carbocycles. The van der Waals surface area contributed by atoms with E-state index >= 15 is 0 Å². The van der Waals surface area contributed by atoms with Gasteiger partial charge >= 0.3 is 0 Å². The molecular formula is C18H24FN3O. The Kier molecular flexibility index (Phi) is 5.53. The Morgan fingerprint density at radius 1 is 1.43 bits per heavy atom. The molecule has 1 N–H and O–H groups in total. The van der Waals surface area contributed by atoms with Gasteiger partial charge in [-0.1, -0.05) is 19.1 Å². The molecule has 1 aromatic carbocycles. The van der Waals surface area contributed by atoms with Crippen molar-refractivity contribution in [2.75, 3.05) is 6.54 Å². The molecule has 2 rings (SSSR count). The monoisotopic (exact) mass is 317 g/mol. The average Bonchev–Trinajstić information content (AvgIpc) is 3.00. The van der Waals surface area contributed by atoms with Crippen LogP contribution in [0.5, 0.6) is 0 Å². The quantitative estimate of drug-likeness (QED) is 0.853. The van der Waals surface area contributed by atoms with Crippen molar-refractivity contribution in [1.82, 2.24) is 14.9 Å². The first-order chi connectivity index (χ1) is 10.9. The smallest absolute Gasteiger partial charge is 0.220 e. The fourth-order valence-electron chi connectivity index (χ4n) is 2.55. The second-order valence-electron chi connectivity index (χ2n) is 6.70. The van der Waals surface area contributed by atoms with Crippen LogP contribution in [0.1, 0.15) is 32.8 Å². The Bertz CT molecular complexity index is 637. The molecular weight excluding hydrogens is 293 g/mol. The van der Waals surface area contributed by atoms with Crippen LogP contribution >= 0.6 is 0 Å². The molecule has 1 aromatic heterocycles. The Balaban J connectivity index is 1.80. The van der Waals surface area contributed by atoms with Gasteiger partial charge in [0.25, 0.3) is 0 Å². The highest BCUT2D eigenvalue weighted by molar-refractivity contribution is 5.76. The number of carbonyl (C=O) groups excluding carboxylic acids is 1. The summed E-state index contributed by atoms with van der Waals surface area (Å²) in [4.78, 5) is 16.2. The van der Waals surface area contributed by atoms with Crippen molar-refractivity contribution in [2.45, 2.75) is 39.2 Å². The third-order valence-corrected chi connectivity index (χ3v) is 3.93. The van der Waals surface area contributed by atoms with Crippen LogP contribution in [0.4, 0.5) is 4.39 Å². The van der Waals surface area contributed by atoms with Crippen molar-refractivity contribution < 1.29 is 9.18 Å². The predicted octanol–water partition coefficient (Wildman–Crippen LogP) is 3.14. The van der Waals surface area contributed by atoms with Crippen LogP contribution < -0.4 is 5.32 Å². The molecule has 2 aromatic rings. The van der Waals surface area contributed by atoms with Crippen molar-refractivity contribution >= 4 is 5.91 Å². The van der Waals surface area contributed by atoms with Gasteiger partial charge in [-0.05, 0) is 43.9 Å². The number of nitrogens with zero attached hydrogens (tertiary/aromatic N) is 2. The van der Waals surface area contributed by atoms with E-state index in [1.165, 1.54) is 12.1 Å². The fraction of sp³-hybridized carbons (Fsp3) is 0.444. The number of nitrogens with one attached hydrogen (secondary N) is 1. The number of imidazole rings is 1. The lowest BCUT2D eigenvalue weighted by molar-refractivity contribution is -0.122. The molecule has 0 aliphatic rings. The minimum Gasteiger partial charge on any atom is -0.354 e. The highest BCUT2D eigenvalue weighted by atomic mass is 19.1. The summed E-state index contributed by atoms with van der Waals surface area (Å²) in [5.74, 6) is -0.0588. The largest absolute Gasteiger partial charge is 0.354 e. The minimum absolute atomic E-state index is 0.0158. The van der Waals surface area contributed by atoms with Crippen LogP contribution in [0.2, 0.25) is 0 Å². The molecule has 1 atom stereocenters. The number of rotatable bonds is 7. The average molecular weight is 317 g/mol. The maximum absolute atomic E-state index is 13.2. The van der Waals surface area contributed by atoms with E-state index in [0.29, 0.717) is 19.4 Å². The molecule has 4 nitrogen and oxygen atoms in total. The first kappa shape index (κ1) is 17.2. The van der Waals surface area contributed by atoms with Gasteiger partial charge in [-0.3, -0.25) is 4.79 Å². The van der Waals surface area contributed by atoms with Crippen LogP contribution in [0.15, 0.2) is 43.0 Å². The van der Waals surface area contributed by atoms with Crippen LogP contribution in [-0.4, -0.2) is 22.0 Å². The minimum atomic E-state index is -0.235. The van der Waals surface area contributed by atoms with Gasteiger partial charge in [0.05, 0.1) is 11.9 Å². The highest BCUT2D eigenvalue weighted by Crippen LogP contribution is 2.15. The third kappa shape index (κ3) is 5.20. The Morgan fingerprint density at radius 3 is 2.87 bits per heavy atom. The second-order valence-corrected chi connectivity index (χ2v) is 6.70. The summed E-state index contributed by atoms with van der Waals surface area (Å²) in [7, 11) is 0. The van der Waals surface area contributed by atoms with E-state index in [0.717, 1.165) is 5.56 Å². The van der Waals surface area contributed by atoms with Crippen LogP contribution in [-0.2, 0) is 16.8 Å². The molecule has 0 fully saturated rings. The summed E-state index contributed by atoms with van der Waals surface area (Å²) < 4.78 is 15.2. The number of halogens is 1. The lowest BCUT2D eigenvalue weighted by Crippen LogP contribution is -2.40. The molecule has 0 saturated heterocycles. The first-order valence-electron chi connectivity index (χ1n) is 7.86. The van der Waals surface area contributed by atoms with Crippen molar-refractivity contribution in [1.29, 1.82) is 0 Å². The zero-order valence-corrected chi connectivity index (χ0v) is 13.9. The predicted molar refractivity (Wildman–Crippen MR) is 88.4 cm³/mol. The Morgan fingerprint density at radius 2 is 2.22 bits per heavy atom. The van der Waals surface area contributed by atoms with Crippen molar-refractivity contribution in [3.05, 3.63) is 54.4 Å². The Labute approximate surface area is 136 Å². The molecule has 1 heterocycles. The maximum Gasteiger partial charge on any atom is 0.220 e. The number of aromatic nitrogens is 2. The number of amides is 1. The molecule has 0 radical (unpaired) electrons. The summed E-state index contributed by atoms with van der Waals surface area (Å²) in [6.45, 7) is 6.64. The molecule has 124 valence electrons. The van der Waals surface area contributed by atoms with Crippen molar-refractivity contribution in [3.63, 3.8) is 0 Å². The summed E-state index contributed by atoms with van der Waals surface area (Å²) in [6.07, 6.45) is 6.48. The summed E-state index contributed by atoms with van der Waals surface area (Å²) in [5.41, 5.74) is 0.696. The third-order valence-electron chi connectivity index (χ3n) is 3.93. The van der Waals surface area contributed by atoms with Crippen LogP contribution in [0.3, 0.4) is 0 Å². The standard InChI is InChI=1S/C18H24FN3O/c1-14(9-15-5-4-6-16(19)11-15)10-17(23)21-12-18(2,3)22-8-7-20-13-22/h4-8,11,13-14H,9-10,12H2,1-3H3,(H,21,23). The zero-order valence-electron chi connectivity index (χ0n) is 13.9. The number of hydrogen-bond donors (Lipinski definition) is 1. The molecule has 1 amide bonds. The maximum atomic E-state index is 13.2. The number of benzene rings is 1. The molecule has 5 heteroatoms. The van der Waals surface area contributed by atoms with Gasteiger partial charge in [-0.25, -0.2) is 9.37 Å². The molecule has 1 unspecified atom stereocenters. The lowest BCUT2D eigenvalue weighted by atomic mass is 9.97. The normalized spacial score (nSPS) is 12.9. The SMILES string of the molecule is CC(CC(=O)NCC(C)(C)n1ccnc1)Cc1cccc(F)c1. The van der Waals surface area contributed by atoms with E-state index in [-0.39, 0.29) is 23.2 Å². The van der Waals surface area contributed by atoms with Gasteiger partial charge in [-0.2, -0.15) is 0 Å². The molecule has 0 spiro atoms. The summed E-state index contributed by atoms with van der Waals surface area (Å²) in [5, 5.41) is 2.98. The molecule has 0 aliphatic heterocycles. The van der Waals surface area contributed by atoms with E-state index in [9.17, 15) is 9.18 Å². The van der Waals surface area contributed by atoms with Gasteiger partial charge in [0, 0.05) is 25.4 Å². The van der Waals surface area contributed by atoms with Crippen LogP contribution in [0, 0.1) is 11.7 Å². The zero-order chi connectivity index (χ0) is 16.9. The van der Waals surface area contributed by atoms with Gasteiger partial charge in [0.15, 0.2) is 0 Å². The second kappa shape index (κ2) is 7.40. The molecule has 0 bridgehead atoms. The fourth-order valence-corrected chi connectivity index (χ4v) is 2.55. The van der Waals surface area contributed by atoms with Gasteiger partial charge < -0.3 is 9.88 Å². The summed E-state index contributed by atoms with van der Waals surface area (Å²) in [6, 6.07) is 6.54. The first-order valence-corrected chi connectivity index (χ1v) is 7.86. The molecule has 23 heavy (non-hydrogen) atoms. The Hall–Kier alpha value is -2.17. The summed E-state index contributed by atoms with van der Waals surface area (Å²) >= 11 is 0. The molecule has 0 saturated carbocycles. The van der Waals surface area contributed by atoms with E-state index in [4.69, 9.17) is 0 Å². The van der Waals surface area contributed by atoms with Gasteiger partial charge in [0.2, 0.25) is 5.91 Å². The van der Waals surface area contributed by atoms with Gasteiger partial charge in [0.1, 0.15) is 5.82 Å². The number of carbonyl (C=O) groups is 1. The van der Waals surface area contributed by atoms with Crippen molar-refractivity contribution in [3.8, 4) is 0 Å². The van der Waals surface area contributed by atoms with Crippen LogP contribution in [0.25, 0.3) is 0 Å². The van der Waals surface area contributed by atoms with E-state index in [2.05, 4.69) is 10.3 Å². The van der Waals surface area contributed by atoms with E-state index in [1.807, 2.05) is 37.6 Å². The number of hydrogen-bond acceptors (Lipinski definition) is 2. The topological polar surface area (TPSA) is 46.9 Å². The van der Waals surface area contributed by atoms with Gasteiger partial charge in [-0.15, -0.1) is 0 Å². The van der Waals surface area contributed by atoms with E-state index < -0.39 is 0 Å². The van der Waals surface area contributed by atoms with Crippen molar-refractivity contribution in [2.24, 2.45) is 5.92 Å².